The molecule has 92 valence electrons. The number of nitrogens with one attached hydrogen (secondary N) is 1. The summed E-state index contributed by atoms with van der Waals surface area (Å²) in [5.74, 6) is 0. The molecule has 1 nitrogen and oxygen atoms in total. The molecule has 3 rings (SSSR count). The van der Waals surface area contributed by atoms with Crippen molar-refractivity contribution in [2.45, 2.75) is 31.7 Å². The minimum atomic E-state index is 0.464. The van der Waals surface area contributed by atoms with Crippen molar-refractivity contribution < 1.29 is 0 Å². The van der Waals surface area contributed by atoms with E-state index in [1.165, 1.54) is 42.5 Å². The first-order valence-electron chi connectivity index (χ1n) is 6.83. The van der Waals surface area contributed by atoms with Gasteiger partial charge < -0.3 is 5.32 Å². The Morgan fingerprint density at radius 3 is 2.50 bits per heavy atom. The molecular formula is C17H19N. The van der Waals surface area contributed by atoms with Crippen molar-refractivity contribution in [3.8, 4) is 0 Å². The molecule has 0 saturated heterocycles. The van der Waals surface area contributed by atoms with Crippen LogP contribution in [0.4, 0.5) is 5.69 Å². The zero-order valence-corrected chi connectivity index (χ0v) is 10.6. The van der Waals surface area contributed by atoms with Crippen molar-refractivity contribution in [1.29, 1.82) is 0 Å². The van der Waals surface area contributed by atoms with Crippen LogP contribution >= 0.6 is 0 Å². The van der Waals surface area contributed by atoms with Gasteiger partial charge in [-0.25, -0.2) is 0 Å². The fourth-order valence-electron chi connectivity index (χ4n) is 2.81. The Bertz CT molecular complexity index is 504. The van der Waals surface area contributed by atoms with Gasteiger partial charge in [0.2, 0.25) is 0 Å². The highest BCUT2D eigenvalue weighted by atomic mass is 14.9. The monoisotopic (exact) mass is 237 g/mol. The summed E-state index contributed by atoms with van der Waals surface area (Å²) in [6.07, 6.45) is 5.07. The molecule has 0 aromatic heterocycles. The zero-order chi connectivity index (χ0) is 12.2. The number of benzene rings is 2. The molecule has 2 aromatic carbocycles. The van der Waals surface area contributed by atoms with Crippen LogP contribution in [-0.2, 0) is 6.42 Å². The first-order valence-corrected chi connectivity index (χ1v) is 6.83. The van der Waals surface area contributed by atoms with E-state index in [9.17, 15) is 0 Å². The van der Waals surface area contributed by atoms with E-state index in [1.54, 1.807) is 0 Å². The molecule has 1 N–H and O–H groups in total. The van der Waals surface area contributed by atoms with Crippen LogP contribution in [0.5, 0.6) is 0 Å². The van der Waals surface area contributed by atoms with Crippen LogP contribution in [0, 0.1) is 0 Å². The Morgan fingerprint density at radius 1 is 0.833 bits per heavy atom. The van der Waals surface area contributed by atoms with Crippen molar-refractivity contribution in [3.63, 3.8) is 0 Å². The Labute approximate surface area is 109 Å². The molecule has 2 aromatic rings. The number of rotatable bonds is 2. The minimum Gasteiger partial charge on any atom is -0.378 e. The van der Waals surface area contributed by atoms with Gasteiger partial charge in [-0.05, 0) is 42.5 Å². The molecule has 1 unspecified atom stereocenters. The van der Waals surface area contributed by atoms with Gasteiger partial charge in [0, 0.05) is 5.69 Å². The molecule has 0 aliphatic heterocycles. The number of fused-ring (bicyclic) bond motifs is 1. The fraction of sp³-hybridized carbons (Fsp3) is 0.294. The molecular weight excluding hydrogens is 218 g/mol. The highest BCUT2D eigenvalue weighted by molar-refractivity contribution is 5.46. The van der Waals surface area contributed by atoms with E-state index in [0.29, 0.717) is 6.04 Å². The quantitative estimate of drug-likeness (QED) is 0.755. The van der Waals surface area contributed by atoms with Gasteiger partial charge in [-0.15, -0.1) is 0 Å². The molecule has 0 heterocycles. The first kappa shape index (κ1) is 11.3. The number of hydrogen-bond donors (Lipinski definition) is 1. The average molecular weight is 237 g/mol. The summed E-state index contributed by atoms with van der Waals surface area (Å²) in [6, 6.07) is 19.9. The molecule has 1 aliphatic carbocycles. The van der Waals surface area contributed by atoms with Crippen LogP contribution in [0.25, 0.3) is 0 Å². The molecule has 0 amide bonds. The highest BCUT2D eigenvalue weighted by Gasteiger charge is 2.17. The third kappa shape index (κ3) is 2.40. The van der Waals surface area contributed by atoms with Crippen LogP contribution in [0.1, 0.15) is 36.4 Å². The van der Waals surface area contributed by atoms with Gasteiger partial charge in [-0.3, -0.25) is 0 Å². The lowest BCUT2D eigenvalue weighted by Gasteiger charge is -2.20. The summed E-state index contributed by atoms with van der Waals surface area (Å²) in [6.45, 7) is 0. The third-order valence-electron chi connectivity index (χ3n) is 3.73. The average Bonchev–Trinajstić information content (AvgIpc) is 2.63. The predicted molar refractivity (Wildman–Crippen MR) is 76.8 cm³/mol. The van der Waals surface area contributed by atoms with E-state index in [0.717, 1.165) is 0 Å². The molecule has 1 heteroatoms. The normalized spacial score (nSPS) is 18.8. The van der Waals surface area contributed by atoms with Crippen molar-refractivity contribution >= 4 is 5.69 Å². The highest BCUT2D eigenvalue weighted by Crippen LogP contribution is 2.31. The summed E-state index contributed by atoms with van der Waals surface area (Å²) in [5.41, 5.74) is 4.22. The summed E-state index contributed by atoms with van der Waals surface area (Å²) in [7, 11) is 0. The maximum absolute atomic E-state index is 3.68. The van der Waals surface area contributed by atoms with Gasteiger partial charge in [-0.1, -0.05) is 48.9 Å². The number of aryl methyl sites for hydroxylation is 1. The van der Waals surface area contributed by atoms with Gasteiger partial charge in [0.15, 0.2) is 0 Å². The summed E-state index contributed by atoms with van der Waals surface area (Å²) >= 11 is 0. The lowest BCUT2D eigenvalue weighted by Crippen LogP contribution is -2.11. The van der Waals surface area contributed by atoms with Crippen molar-refractivity contribution in [2.75, 3.05) is 5.32 Å². The standard InChI is InChI=1S/C17H19N/c1-2-10-15(11-3-1)18-17-13-7-5-9-14-8-4-6-12-16(14)17/h1-4,6,8,10-12,17-18H,5,7,9,13H2. The zero-order valence-electron chi connectivity index (χ0n) is 10.6. The van der Waals surface area contributed by atoms with E-state index in [1.807, 2.05) is 0 Å². The lowest BCUT2D eigenvalue weighted by molar-refractivity contribution is 0.644. The van der Waals surface area contributed by atoms with E-state index >= 15 is 0 Å². The minimum absolute atomic E-state index is 0.464. The van der Waals surface area contributed by atoms with Gasteiger partial charge in [-0.2, -0.15) is 0 Å². The summed E-state index contributed by atoms with van der Waals surface area (Å²) < 4.78 is 0. The maximum Gasteiger partial charge on any atom is 0.0516 e. The van der Waals surface area contributed by atoms with Gasteiger partial charge in [0.25, 0.3) is 0 Å². The van der Waals surface area contributed by atoms with Crippen LogP contribution in [0.15, 0.2) is 54.6 Å². The van der Waals surface area contributed by atoms with Crippen LogP contribution in [0.2, 0.25) is 0 Å². The molecule has 1 aliphatic rings. The van der Waals surface area contributed by atoms with E-state index < -0.39 is 0 Å². The molecule has 0 bridgehead atoms. The Balaban J connectivity index is 1.88. The predicted octanol–water partition coefficient (Wildman–Crippen LogP) is 4.57. The smallest absolute Gasteiger partial charge is 0.0516 e. The second kappa shape index (κ2) is 5.26. The Morgan fingerprint density at radius 2 is 1.61 bits per heavy atom. The topological polar surface area (TPSA) is 12.0 Å². The molecule has 0 fully saturated rings. The van der Waals surface area contributed by atoms with Crippen molar-refractivity contribution in [3.05, 3.63) is 65.7 Å². The number of hydrogen-bond acceptors (Lipinski definition) is 1. The molecule has 0 spiro atoms. The maximum atomic E-state index is 3.68. The lowest BCUT2D eigenvalue weighted by atomic mass is 9.99. The summed E-state index contributed by atoms with van der Waals surface area (Å²) in [5, 5.41) is 3.68. The van der Waals surface area contributed by atoms with Crippen LogP contribution in [-0.4, -0.2) is 0 Å². The molecule has 18 heavy (non-hydrogen) atoms. The van der Waals surface area contributed by atoms with E-state index in [-0.39, 0.29) is 0 Å². The second-order valence-electron chi connectivity index (χ2n) is 5.01. The van der Waals surface area contributed by atoms with E-state index in [4.69, 9.17) is 0 Å². The second-order valence-corrected chi connectivity index (χ2v) is 5.01. The van der Waals surface area contributed by atoms with Crippen molar-refractivity contribution in [1.82, 2.24) is 0 Å². The number of para-hydroxylation sites is 1. The Kier molecular flexibility index (Phi) is 3.31. The Hall–Kier alpha value is -1.76. The van der Waals surface area contributed by atoms with Crippen LogP contribution < -0.4 is 5.32 Å². The van der Waals surface area contributed by atoms with Gasteiger partial charge in [0.05, 0.1) is 6.04 Å². The molecule has 0 radical (unpaired) electrons. The molecule has 1 atom stereocenters. The largest absolute Gasteiger partial charge is 0.378 e. The van der Waals surface area contributed by atoms with Crippen molar-refractivity contribution in [2.24, 2.45) is 0 Å². The van der Waals surface area contributed by atoms with E-state index in [2.05, 4.69) is 59.9 Å². The SMILES string of the molecule is c1ccc(NC2CCCCc3ccccc32)cc1. The van der Waals surface area contributed by atoms with Crippen LogP contribution in [0.3, 0.4) is 0 Å². The molecule has 0 saturated carbocycles. The summed E-state index contributed by atoms with van der Waals surface area (Å²) in [4.78, 5) is 0. The third-order valence-corrected chi connectivity index (χ3v) is 3.73. The fourth-order valence-corrected chi connectivity index (χ4v) is 2.81. The van der Waals surface area contributed by atoms with Gasteiger partial charge in [0.1, 0.15) is 0 Å². The number of anilines is 1. The first-order chi connectivity index (χ1) is 8.93. The van der Waals surface area contributed by atoms with Gasteiger partial charge >= 0.3 is 0 Å².